The minimum Gasteiger partial charge on any atom is -0.299 e. The van der Waals surface area contributed by atoms with Gasteiger partial charge in [-0.25, -0.2) is 5.84 Å². The summed E-state index contributed by atoms with van der Waals surface area (Å²) in [6.45, 7) is -0.350. The molecular formula is C7H8N4O4. The monoisotopic (exact) mass is 212 g/mol. The van der Waals surface area contributed by atoms with Crippen molar-refractivity contribution in [1.82, 2.24) is 9.99 Å². The highest BCUT2D eigenvalue weighted by Gasteiger charge is 2.09. The highest BCUT2D eigenvalue weighted by molar-refractivity contribution is 5.74. The molecule has 8 nitrogen and oxygen atoms in total. The number of hydrazine groups is 1. The molecule has 15 heavy (non-hydrogen) atoms. The number of nitrogens with one attached hydrogen (secondary N) is 1. The Bertz CT molecular complexity index is 453. The van der Waals surface area contributed by atoms with Crippen molar-refractivity contribution in [3.05, 3.63) is 38.8 Å². The van der Waals surface area contributed by atoms with Crippen molar-refractivity contribution in [1.29, 1.82) is 0 Å². The van der Waals surface area contributed by atoms with Gasteiger partial charge < -0.3 is 0 Å². The van der Waals surface area contributed by atoms with Crippen molar-refractivity contribution in [3.8, 4) is 0 Å². The van der Waals surface area contributed by atoms with Crippen LogP contribution in [0, 0.1) is 10.1 Å². The molecule has 0 spiro atoms. The van der Waals surface area contributed by atoms with Gasteiger partial charge >= 0.3 is 0 Å². The summed E-state index contributed by atoms with van der Waals surface area (Å²) in [6.07, 6.45) is 0.984. The smallest absolute Gasteiger partial charge is 0.285 e. The molecule has 8 heteroatoms. The largest absolute Gasteiger partial charge is 0.299 e. The number of carbonyl (C=O) groups excluding carboxylic acids is 1. The minimum atomic E-state index is -0.656. The zero-order valence-corrected chi connectivity index (χ0v) is 7.54. The Morgan fingerprint density at radius 2 is 2.27 bits per heavy atom. The van der Waals surface area contributed by atoms with Crippen LogP contribution in [-0.2, 0) is 11.3 Å². The van der Waals surface area contributed by atoms with Gasteiger partial charge in [-0.2, -0.15) is 0 Å². The van der Waals surface area contributed by atoms with E-state index in [0.29, 0.717) is 0 Å². The van der Waals surface area contributed by atoms with Crippen LogP contribution < -0.4 is 16.8 Å². The van der Waals surface area contributed by atoms with Gasteiger partial charge in [0, 0.05) is 12.1 Å². The van der Waals surface area contributed by atoms with Crippen molar-refractivity contribution >= 4 is 11.6 Å². The molecule has 0 atom stereocenters. The highest BCUT2D eigenvalue weighted by atomic mass is 16.6. The van der Waals surface area contributed by atoms with Crippen LogP contribution in [0.2, 0.25) is 0 Å². The lowest BCUT2D eigenvalue weighted by molar-refractivity contribution is -0.385. The molecule has 1 aromatic heterocycles. The van der Waals surface area contributed by atoms with Crippen LogP contribution in [0.3, 0.4) is 0 Å². The van der Waals surface area contributed by atoms with Crippen LogP contribution in [0.15, 0.2) is 23.1 Å². The first-order chi connectivity index (χ1) is 7.04. The first kappa shape index (κ1) is 10.9. The summed E-state index contributed by atoms with van der Waals surface area (Å²) in [5.41, 5.74) is 1.05. The predicted molar refractivity (Wildman–Crippen MR) is 49.7 cm³/mol. The molecule has 0 aliphatic heterocycles. The summed E-state index contributed by atoms with van der Waals surface area (Å²) < 4.78 is 0.903. The molecule has 0 saturated heterocycles. The van der Waals surface area contributed by atoms with Crippen molar-refractivity contribution in [2.24, 2.45) is 5.84 Å². The topological polar surface area (TPSA) is 120 Å². The number of rotatable bonds is 3. The van der Waals surface area contributed by atoms with Crippen LogP contribution in [0.25, 0.3) is 0 Å². The summed E-state index contributed by atoms with van der Waals surface area (Å²) in [5.74, 6) is 4.21. The maximum absolute atomic E-state index is 11.2. The average molecular weight is 212 g/mol. The molecule has 0 aliphatic rings. The van der Waals surface area contributed by atoms with Crippen molar-refractivity contribution in [2.45, 2.75) is 6.54 Å². The molecule has 1 aromatic rings. The molecular weight excluding hydrogens is 204 g/mol. The lowest BCUT2D eigenvalue weighted by Gasteiger charge is -2.02. The maximum atomic E-state index is 11.2. The molecule has 0 fully saturated rings. The summed E-state index contributed by atoms with van der Waals surface area (Å²) in [4.78, 5) is 31.7. The number of hydrogen-bond donors (Lipinski definition) is 2. The normalized spacial score (nSPS) is 9.67. The zero-order valence-electron chi connectivity index (χ0n) is 7.54. The molecule has 1 amide bonds. The van der Waals surface area contributed by atoms with E-state index >= 15 is 0 Å². The SMILES string of the molecule is NNC(=O)Cn1cc([N+](=O)[O-])ccc1=O. The molecule has 0 saturated carbocycles. The van der Waals surface area contributed by atoms with Crippen LogP contribution in [0.4, 0.5) is 5.69 Å². The number of pyridine rings is 1. The standard InChI is InChI=1S/C7H8N4O4/c8-9-6(12)4-10-3-5(11(14)15)1-2-7(10)13/h1-3H,4,8H2,(H,9,12). The van der Waals surface area contributed by atoms with Crippen molar-refractivity contribution in [2.75, 3.05) is 0 Å². The Labute approximate surface area is 83.4 Å². The van der Waals surface area contributed by atoms with E-state index in [2.05, 4.69) is 0 Å². The lowest BCUT2D eigenvalue weighted by atomic mass is 10.4. The number of hydrogen-bond acceptors (Lipinski definition) is 5. The van der Waals surface area contributed by atoms with E-state index in [1.807, 2.05) is 5.43 Å². The van der Waals surface area contributed by atoms with E-state index in [9.17, 15) is 19.7 Å². The zero-order chi connectivity index (χ0) is 11.4. The van der Waals surface area contributed by atoms with Gasteiger partial charge in [-0.1, -0.05) is 0 Å². The summed E-state index contributed by atoms with van der Waals surface area (Å²) in [7, 11) is 0. The van der Waals surface area contributed by atoms with E-state index < -0.39 is 16.4 Å². The molecule has 0 aliphatic carbocycles. The average Bonchev–Trinajstić information content (AvgIpc) is 2.20. The number of nitrogens with two attached hydrogens (primary N) is 1. The van der Waals surface area contributed by atoms with E-state index in [1.54, 1.807) is 0 Å². The molecule has 0 aromatic carbocycles. The number of aromatic nitrogens is 1. The third-order valence-electron chi connectivity index (χ3n) is 1.65. The van der Waals surface area contributed by atoms with Crippen molar-refractivity contribution < 1.29 is 9.72 Å². The van der Waals surface area contributed by atoms with E-state index in [1.165, 1.54) is 0 Å². The van der Waals surface area contributed by atoms with Gasteiger partial charge in [0.15, 0.2) is 0 Å². The Kier molecular flexibility index (Phi) is 3.13. The fourth-order valence-electron chi connectivity index (χ4n) is 0.951. The molecule has 0 bridgehead atoms. The fourth-order valence-corrected chi connectivity index (χ4v) is 0.951. The van der Waals surface area contributed by atoms with Gasteiger partial charge in [-0.05, 0) is 0 Å². The summed E-state index contributed by atoms with van der Waals surface area (Å²) in [6, 6.07) is 2.08. The van der Waals surface area contributed by atoms with Crippen LogP contribution >= 0.6 is 0 Å². The molecule has 1 heterocycles. The third kappa shape index (κ3) is 2.61. The Morgan fingerprint density at radius 3 is 2.80 bits per heavy atom. The number of nitro groups is 1. The number of amides is 1. The predicted octanol–water partition coefficient (Wildman–Crippen LogP) is -1.25. The maximum Gasteiger partial charge on any atom is 0.285 e. The lowest BCUT2D eigenvalue weighted by Crippen LogP contribution is -2.36. The van der Waals surface area contributed by atoms with Crippen LogP contribution in [0.1, 0.15) is 0 Å². The van der Waals surface area contributed by atoms with Gasteiger partial charge in [-0.3, -0.25) is 29.7 Å². The summed E-state index contributed by atoms with van der Waals surface area (Å²) >= 11 is 0. The first-order valence-corrected chi connectivity index (χ1v) is 3.89. The Balaban J connectivity index is 3.06. The molecule has 80 valence electrons. The highest BCUT2D eigenvalue weighted by Crippen LogP contribution is 2.05. The number of nitrogens with zero attached hydrogens (tertiary/aromatic N) is 2. The minimum absolute atomic E-state index is 0.264. The molecule has 0 unspecified atom stereocenters. The van der Waals surface area contributed by atoms with Crippen LogP contribution in [0.5, 0.6) is 0 Å². The molecule has 1 rings (SSSR count). The molecule has 0 radical (unpaired) electrons. The van der Waals surface area contributed by atoms with Gasteiger partial charge in [0.05, 0.1) is 11.1 Å². The number of carbonyl (C=O) groups is 1. The van der Waals surface area contributed by atoms with E-state index in [0.717, 1.165) is 22.9 Å². The van der Waals surface area contributed by atoms with E-state index in [4.69, 9.17) is 5.84 Å². The second-order valence-corrected chi connectivity index (χ2v) is 2.68. The van der Waals surface area contributed by atoms with Gasteiger partial charge in [0.1, 0.15) is 6.54 Å². The third-order valence-corrected chi connectivity index (χ3v) is 1.65. The van der Waals surface area contributed by atoms with Gasteiger partial charge in [0.2, 0.25) is 0 Å². The fraction of sp³-hybridized carbons (Fsp3) is 0.143. The second kappa shape index (κ2) is 4.33. The first-order valence-electron chi connectivity index (χ1n) is 3.89. The second-order valence-electron chi connectivity index (χ2n) is 2.68. The van der Waals surface area contributed by atoms with E-state index in [-0.39, 0.29) is 12.2 Å². The van der Waals surface area contributed by atoms with Gasteiger partial charge in [0.25, 0.3) is 17.2 Å². The quantitative estimate of drug-likeness (QED) is 0.280. The molecule has 3 N–H and O–H groups in total. The Morgan fingerprint density at radius 1 is 1.60 bits per heavy atom. The Hall–Kier alpha value is -2.22. The van der Waals surface area contributed by atoms with Crippen molar-refractivity contribution in [3.63, 3.8) is 0 Å². The van der Waals surface area contributed by atoms with Gasteiger partial charge in [-0.15, -0.1) is 0 Å². The van der Waals surface area contributed by atoms with Crippen LogP contribution in [-0.4, -0.2) is 15.4 Å². The summed E-state index contributed by atoms with van der Waals surface area (Å²) in [5, 5.41) is 10.4.